The molecule has 0 aromatic heterocycles. The zero-order chi connectivity index (χ0) is 17.4. The average molecular weight is 448 g/mol. The van der Waals surface area contributed by atoms with Gasteiger partial charge in [-0.25, -0.2) is 0 Å². The monoisotopic (exact) mass is 448 g/mol. The van der Waals surface area contributed by atoms with Gasteiger partial charge in [0.1, 0.15) is 0 Å². The van der Waals surface area contributed by atoms with Crippen LogP contribution in [0, 0.1) is 0 Å². The van der Waals surface area contributed by atoms with Crippen LogP contribution in [0.3, 0.4) is 0 Å². The van der Waals surface area contributed by atoms with Crippen LogP contribution in [0.1, 0.15) is 5.56 Å². The molecule has 0 nitrogen and oxygen atoms in total. The van der Waals surface area contributed by atoms with Crippen molar-refractivity contribution in [3.63, 3.8) is 0 Å². The molecule has 1 aromatic rings. The summed E-state index contributed by atoms with van der Waals surface area (Å²) in [6.07, 6.45) is -7.42. The number of allylic oxidation sites excluding steroid dienone is 1. The Labute approximate surface area is 132 Å². The fraction of sp³-hybridized carbons (Fsp3) is 0.333. The molecule has 0 N–H and O–H groups in total. The van der Waals surface area contributed by atoms with Gasteiger partial charge in [0, 0.05) is 9.66 Å². The summed E-state index contributed by atoms with van der Waals surface area (Å²) in [6.45, 7) is 0. The molecule has 1 rings (SSSR count). The molecule has 0 bridgehead atoms. The van der Waals surface area contributed by atoms with Crippen molar-refractivity contribution in [1.29, 1.82) is 0 Å². The zero-order valence-corrected chi connectivity index (χ0v) is 12.4. The molecule has 0 unspecified atom stereocenters. The van der Waals surface area contributed by atoms with Crippen LogP contribution in [-0.2, 0) is 0 Å². The molecule has 0 saturated carbocycles. The SMILES string of the molecule is FC(F)(F)C(F)(F)C(F)(F)C(F)(F)C=C(I)c1ccccc1. The maximum absolute atomic E-state index is 13.4. The van der Waals surface area contributed by atoms with Gasteiger partial charge in [-0.1, -0.05) is 30.3 Å². The van der Waals surface area contributed by atoms with Gasteiger partial charge in [-0.2, -0.15) is 39.5 Å². The summed E-state index contributed by atoms with van der Waals surface area (Å²) in [4.78, 5) is 0. The van der Waals surface area contributed by atoms with E-state index in [4.69, 9.17) is 0 Å². The molecule has 0 saturated heterocycles. The van der Waals surface area contributed by atoms with Crippen LogP contribution in [0.25, 0.3) is 3.58 Å². The van der Waals surface area contributed by atoms with Crippen molar-refractivity contribution in [2.24, 2.45) is 0 Å². The van der Waals surface area contributed by atoms with Gasteiger partial charge >= 0.3 is 23.9 Å². The Hall–Kier alpha value is -0.940. The molecule has 0 aliphatic carbocycles. The van der Waals surface area contributed by atoms with Gasteiger partial charge in [-0.3, -0.25) is 0 Å². The second-order valence-corrected chi connectivity index (χ2v) is 5.29. The summed E-state index contributed by atoms with van der Waals surface area (Å²) < 4.78 is 113. The standard InChI is InChI=1S/C12H6F9I/c13-9(14,6-8(22)7-4-2-1-3-5-7)10(15,16)11(17,18)12(19,20)21/h1-6H. The van der Waals surface area contributed by atoms with Crippen molar-refractivity contribution in [3.8, 4) is 0 Å². The summed E-state index contributed by atoms with van der Waals surface area (Å²) in [7, 11) is 0. The predicted molar refractivity (Wildman–Crippen MR) is 69.3 cm³/mol. The lowest BCUT2D eigenvalue weighted by Gasteiger charge is -2.32. The Morgan fingerprint density at radius 2 is 1.23 bits per heavy atom. The van der Waals surface area contributed by atoms with E-state index in [-0.39, 0.29) is 5.56 Å². The van der Waals surface area contributed by atoms with Crippen LogP contribution < -0.4 is 0 Å². The molecule has 124 valence electrons. The van der Waals surface area contributed by atoms with Crippen molar-refractivity contribution in [2.75, 3.05) is 0 Å². The third-order valence-corrected chi connectivity index (χ3v) is 3.46. The van der Waals surface area contributed by atoms with E-state index in [0.29, 0.717) is 0 Å². The molecule has 22 heavy (non-hydrogen) atoms. The lowest BCUT2D eigenvalue weighted by molar-refractivity contribution is -0.388. The summed E-state index contributed by atoms with van der Waals surface area (Å²) in [5.74, 6) is -19.2. The maximum atomic E-state index is 13.4. The first-order valence-electron chi connectivity index (χ1n) is 5.38. The second kappa shape index (κ2) is 5.93. The molecule has 0 spiro atoms. The number of hydrogen-bond donors (Lipinski definition) is 0. The lowest BCUT2D eigenvalue weighted by atomic mass is 10.0. The minimum atomic E-state index is -6.88. The van der Waals surface area contributed by atoms with Gasteiger partial charge in [0.05, 0.1) is 0 Å². The van der Waals surface area contributed by atoms with E-state index in [0.717, 1.165) is 22.6 Å². The number of halogens is 10. The van der Waals surface area contributed by atoms with Crippen molar-refractivity contribution in [1.82, 2.24) is 0 Å². The minimum absolute atomic E-state index is 0.0334. The second-order valence-electron chi connectivity index (χ2n) is 4.13. The third-order valence-electron chi connectivity index (χ3n) is 2.53. The van der Waals surface area contributed by atoms with Gasteiger partial charge in [0.2, 0.25) is 0 Å². The topological polar surface area (TPSA) is 0 Å². The molecule has 0 fully saturated rings. The number of alkyl halides is 9. The van der Waals surface area contributed by atoms with Crippen molar-refractivity contribution in [2.45, 2.75) is 23.9 Å². The van der Waals surface area contributed by atoms with Crippen LogP contribution in [0.2, 0.25) is 0 Å². The van der Waals surface area contributed by atoms with E-state index in [1.165, 1.54) is 30.3 Å². The number of rotatable bonds is 4. The van der Waals surface area contributed by atoms with E-state index in [9.17, 15) is 39.5 Å². The summed E-state index contributed by atoms with van der Waals surface area (Å²) in [5, 5.41) is 0. The quantitative estimate of drug-likeness (QED) is 0.396. The maximum Gasteiger partial charge on any atom is 0.460 e. The van der Waals surface area contributed by atoms with Gasteiger partial charge < -0.3 is 0 Å². The van der Waals surface area contributed by atoms with E-state index in [1.54, 1.807) is 0 Å². The summed E-state index contributed by atoms with van der Waals surface area (Å²) >= 11 is 1.14. The first kappa shape index (κ1) is 19.1. The molecule has 0 atom stereocenters. The first-order valence-corrected chi connectivity index (χ1v) is 6.46. The molecule has 0 amide bonds. The number of benzene rings is 1. The predicted octanol–water partition coefficient (Wildman–Crippen LogP) is 5.93. The molecule has 10 heteroatoms. The molecular formula is C12H6F9I. The Morgan fingerprint density at radius 1 is 0.773 bits per heavy atom. The van der Waals surface area contributed by atoms with Crippen molar-refractivity contribution >= 4 is 26.2 Å². The van der Waals surface area contributed by atoms with E-state index >= 15 is 0 Å². The normalized spacial score (nSPS) is 15.1. The van der Waals surface area contributed by atoms with Gasteiger partial charge in [-0.15, -0.1) is 0 Å². The van der Waals surface area contributed by atoms with Crippen LogP contribution >= 0.6 is 22.6 Å². The fourth-order valence-corrected chi connectivity index (χ4v) is 2.07. The largest absolute Gasteiger partial charge is 0.460 e. The highest BCUT2D eigenvalue weighted by atomic mass is 127. The van der Waals surface area contributed by atoms with Crippen LogP contribution in [0.4, 0.5) is 39.5 Å². The first-order chi connectivity index (χ1) is 9.74. The van der Waals surface area contributed by atoms with Crippen molar-refractivity contribution in [3.05, 3.63) is 42.0 Å². The molecule has 0 aliphatic rings. The Bertz CT molecular complexity index is 545. The third kappa shape index (κ3) is 3.35. The molecule has 0 radical (unpaired) electrons. The van der Waals surface area contributed by atoms with Gasteiger partial charge in [0.15, 0.2) is 0 Å². The van der Waals surface area contributed by atoms with Crippen LogP contribution in [0.5, 0.6) is 0 Å². The van der Waals surface area contributed by atoms with E-state index in [1.807, 2.05) is 0 Å². The Balaban J connectivity index is 3.28. The Morgan fingerprint density at radius 3 is 1.64 bits per heavy atom. The molecular weight excluding hydrogens is 442 g/mol. The summed E-state index contributed by atoms with van der Waals surface area (Å²) in [6, 6.07) is 6.58. The molecule has 1 aromatic carbocycles. The van der Waals surface area contributed by atoms with Gasteiger partial charge in [0.25, 0.3) is 0 Å². The smallest absolute Gasteiger partial charge is 0.195 e. The molecule has 0 heterocycles. The highest BCUT2D eigenvalue weighted by Gasteiger charge is 2.81. The lowest BCUT2D eigenvalue weighted by Crippen LogP contribution is -2.60. The van der Waals surface area contributed by atoms with Crippen LogP contribution in [0.15, 0.2) is 36.4 Å². The zero-order valence-electron chi connectivity index (χ0n) is 10.2. The average Bonchev–Trinajstić information content (AvgIpc) is 2.37. The van der Waals surface area contributed by atoms with E-state index < -0.39 is 33.6 Å². The fourth-order valence-electron chi connectivity index (χ4n) is 1.32. The minimum Gasteiger partial charge on any atom is -0.195 e. The molecule has 0 aliphatic heterocycles. The van der Waals surface area contributed by atoms with Gasteiger partial charge in [-0.05, 0) is 28.2 Å². The highest BCUT2D eigenvalue weighted by Crippen LogP contribution is 2.54. The van der Waals surface area contributed by atoms with E-state index in [2.05, 4.69) is 0 Å². The highest BCUT2D eigenvalue weighted by molar-refractivity contribution is 14.1. The van der Waals surface area contributed by atoms with Crippen molar-refractivity contribution < 1.29 is 39.5 Å². The van der Waals surface area contributed by atoms with Crippen LogP contribution in [-0.4, -0.2) is 23.9 Å². The Kier molecular flexibility index (Phi) is 5.15. The number of hydrogen-bond acceptors (Lipinski definition) is 0. The summed E-state index contributed by atoms with van der Waals surface area (Å²) in [5.41, 5.74) is -0.0334.